The molecule has 0 aliphatic carbocycles. The normalized spacial score (nSPS) is 14.2. The van der Waals surface area contributed by atoms with Gasteiger partial charge >= 0.3 is 0 Å². The van der Waals surface area contributed by atoms with Gasteiger partial charge in [0.1, 0.15) is 0 Å². The fraction of sp³-hybridized carbons (Fsp3) is 0.263. The fourth-order valence-electron chi connectivity index (χ4n) is 3.25. The maximum Gasteiger partial charge on any atom is 0.257 e. The number of aromatic amines is 1. The summed E-state index contributed by atoms with van der Waals surface area (Å²) in [4.78, 5) is 30.3. The lowest BCUT2D eigenvalue weighted by Gasteiger charge is -2.27. The molecule has 26 heavy (non-hydrogen) atoms. The first-order chi connectivity index (χ1) is 12.6. The Morgan fingerprint density at radius 2 is 2.04 bits per heavy atom. The lowest BCUT2D eigenvalue weighted by atomic mass is 10.1. The minimum atomic E-state index is -0.149. The summed E-state index contributed by atoms with van der Waals surface area (Å²) in [5, 5.41) is 0. The van der Waals surface area contributed by atoms with Crippen LogP contribution in [-0.2, 0) is 19.5 Å². The monoisotopic (exact) mass is 348 g/mol. The lowest BCUT2D eigenvalue weighted by molar-refractivity contribution is 0.241. The van der Waals surface area contributed by atoms with Crippen molar-refractivity contribution in [2.75, 3.05) is 12.3 Å². The van der Waals surface area contributed by atoms with Gasteiger partial charge in [-0.15, -0.1) is 0 Å². The van der Waals surface area contributed by atoms with Gasteiger partial charge in [-0.2, -0.15) is 0 Å². The molecule has 0 atom stereocenters. The van der Waals surface area contributed by atoms with Crippen molar-refractivity contribution in [2.45, 2.75) is 26.4 Å². The molecule has 4 rings (SSSR count). The molecule has 1 aliphatic heterocycles. The minimum absolute atomic E-state index is 0.149. The largest absolute Gasteiger partial charge is 0.369 e. The number of nitrogens with one attached hydrogen (secondary N) is 1. The number of aryl methyl sites for hydroxylation is 1. The van der Waals surface area contributed by atoms with E-state index in [4.69, 9.17) is 5.73 Å². The summed E-state index contributed by atoms with van der Waals surface area (Å²) in [5.41, 5.74) is 10.00. The van der Waals surface area contributed by atoms with E-state index in [1.807, 2.05) is 43.5 Å². The quantitative estimate of drug-likeness (QED) is 0.747. The highest BCUT2D eigenvalue weighted by molar-refractivity contribution is 5.54. The maximum absolute atomic E-state index is 12.1. The molecule has 0 bridgehead atoms. The second kappa shape index (κ2) is 6.68. The molecular weight excluding hydrogens is 328 g/mol. The lowest BCUT2D eigenvalue weighted by Crippen LogP contribution is -2.35. The zero-order valence-corrected chi connectivity index (χ0v) is 14.6. The summed E-state index contributed by atoms with van der Waals surface area (Å²) in [6.07, 6.45) is 2.59. The molecule has 2 aromatic heterocycles. The van der Waals surface area contributed by atoms with Crippen LogP contribution in [0, 0.1) is 6.92 Å². The van der Waals surface area contributed by atoms with Crippen LogP contribution in [-0.4, -0.2) is 31.4 Å². The molecule has 0 spiro atoms. The maximum atomic E-state index is 12.1. The topological polar surface area (TPSA) is 101 Å². The molecule has 0 saturated heterocycles. The van der Waals surface area contributed by atoms with Crippen LogP contribution in [0.25, 0.3) is 11.4 Å². The molecule has 0 amide bonds. The van der Waals surface area contributed by atoms with Crippen molar-refractivity contribution >= 4 is 5.95 Å². The number of anilines is 1. The average molecular weight is 348 g/mol. The van der Waals surface area contributed by atoms with Crippen molar-refractivity contribution in [3.63, 3.8) is 0 Å². The molecule has 7 heteroatoms. The molecule has 132 valence electrons. The van der Waals surface area contributed by atoms with Gasteiger partial charge in [-0.25, -0.2) is 15.0 Å². The molecule has 0 fully saturated rings. The van der Waals surface area contributed by atoms with Crippen molar-refractivity contribution in [3.8, 4) is 11.4 Å². The number of fused-ring (bicyclic) bond motifs is 1. The second-order valence-corrected chi connectivity index (χ2v) is 6.51. The van der Waals surface area contributed by atoms with E-state index in [9.17, 15) is 4.79 Å². The summed E-state index contributed by atoms with van der Waals surface area (Å²) in [6, 6.07) is 9.93. The Kier molecular flexibility index (Phi) is 4.22. The molecule has 7 nitrogen and oxygen atoms in total. The Morgan fingerprint density at radius 3 is 2.81 bits per heavy atom. The Morgan fingerprint density at radius 1 is 1.23 bits per heavy atom. The van der Waals surface area contributed by atoms with E-state index in [1.54, 1.807) is 0 Å². The predicted octanol–water partition coefficient (Wildman–Crippen LogP) is 1.68. The number of aromatic nitrogens is 4. The van der Waals surface area contributed by atoms with Gasteiger partial charge in [0.15, 0.2) is 5.82 Å². The molecule has 3 aromatic rings. The SMILES string of the molecule is Cc1nc(-c2ccccc2)ncc1CN1CCc2nc(N)[nH]c(=O)c2C1. The van der Waals surface area contributed by atoms with Crippen LogP contribution >= 0.6 is 0 Å². The van der Waals surface area contributed by atoms with E-state index in [1.165, 1.54) is 0 Å². The van der Waals surface area contributed by atoms with E-state index in [2.05, 4.69) is 24.8 Å². The van der Waals surface area contributed by atoms with Gasteiger partial charge in [-0.1, -0.05) is 30.3 Å². The van der Waals surface area contributed by atoms with Crippen LogP contribution in [0.1, 0.15) is 22.5 Å². The van der Waals surface area contributed by atoms with E-state index in [0.717, 1.165) is 34.9 Å². The Balaban J connectivity index is 1.54. The van der Waals surface area contributed by atoms with Crippen molar-refractivity contribution in [3.05, 3.63) is 69.4 Å². The van der Waals surface area contributed by atoms with Crippen LogP contribution in [0.5, 0.6) is 0 Å². The van der Waals surface area contributed by atoms with Crippen LogP contribution in [0.15, 0.2) is 41.3 Å². The van der Waals surface area contributed by atoms with E-state index in [-0.39, 0.29) is 11.5 Å². The highest BCUT2D eigenvalue weighted by Crippen LogP contribution is 2.20. The third kappa shape index (κ3) is 3.21. The van der Waals surface area contributed by atoms with Crippen molar-refractivity contribution in [1.29, 1.82) is 0 Å². The van der Waals surface area contributed by atoms with Crippen LogP contribution in [0.2, 0.25) is 0 Å². The summed E-state index contributed by atoms with van der Waals surface area (Å²) in [5.74, 6) is 0.912. The summed E-state index contributed by atoms with van der Waals surface area (Å²) >= 11 is 0. The smallest absolute Gasteiger partial charge is 0.257 e. The minimum Gasteiger partial charge on any atom is -0.369 e. The molecule has 1 aliphatic rings. The molecule has 3 N–H and O–H groups in total. The van der Waals surface area contributed by atoms with E-state index >= 15 is 0 Å². The van der Waals surface area contributed by atoms with Crippen LogP contribution < -0.4 is 11.3 Å². The van der Waals surface area contributed by atoms with Gasteiger partial charge in [0.25, 0.3) is 5.56 Å². The number of nitrogens with two attached hydrogens (primary N) is 1. The van der Waals surface area contributed by atoms with Crippen LogP contribution in [0.4, 0.5) is 5.95 Å². The molecular formula is C19H20N6O. The van der Waals surface area contributed by atoms with Crippen molar-refractivity contribution in [1.82, 2.24) is 24.8 Å². The first-order valence-electron chi connectivity index (χ1n) is 8.58. The highest BCUT2D eigenvalue weighted by Gasteiger charge is 2.21. The molecule has 0 saturated carbocycles. The first-order valence-corrected chi connectivity index (χ1v) is 8.58. The van der Waals surface area contributed by atoms with Gasteiger partial charge in [0.2, 0.25) is 5.95 Å². The van der Waals surface area contributed by atoms with Gasteiger partial charge in [0, 0.05) is 49.1 Å². The van der Waals surface area contributed by atoms with Gasteiger partial charge < -0.3 is 5.73 Å². The summed E-state index contributed by atoms with van der Waals surface area (Å²) in [7, 11) is 0. The summed E-state index contributed by atoms with van der Waals surface area (Å²) < 4.78 is 0. The number of nitrogen functional groups attached to an aromatic ring is 1. The number of hydrogen-bond donors (Lipinski definition) is 2. The number of hydrogen-bond acceptors (Lipinski definition) is 6. The van der Waals surface area contributed by atoms with Gasteiger partial charge in [0.05, 0.1) is 11.3 Å². The van der Waals surface area contributed by atoms with E-state index in [0.29, 0.717) is 25.1 Å². The zero-order valence-electron chi connectivity index (χ0n) is 14.6. The molecule has 1 aromatic carbocycles. The molecule has 0 unspecified atom stereocenters. The number of H-pyrrole nitrogens is 1. The third-order valence-electron chi connectivity index (χ3n) is 4.67. The van der Waals surface area contributed by atoms with Crippen LogP contribution in [0.3, 0.4) is 0 Å². The first kappa shape index (κ1) is 16.4. The van der Waals surface area contributed by atoms with Gasteiger partial charge in [-0.3, -0.25) is 14.7 Å². The number of nitrogens with zero attached hydrogens (tertiary/aromatic N) is 4. The zero-order chi connectivity index (χ0) is 18.1. The average Bonchev–Trinajstić information content (AvgIpc) is 2.64. The highest BCUT2D eigenvalue weighted by atomic mass is 16.1. The molecule has 3 heterocycles. The van der Waals surface area contributed by atoms with Crippen molar-refractivity contribution < 1.29 is 0 Å². The third-order valence-corrected chi connectivity index (χ3v) is 4.67. The van der Waals surface area contributed by atoms with E-state index < -0.39 is 0 Å². The van der Waals surface area contributed by atoms with Crippen molar-refractivity contribution in [2.24, 2.45) is 0 Å². The standard InChI is InChI=1S/C19H20N6O/c1-12-14(9-21-17(22-12)13-5-3-2-4-6-13)10-25-8-7-16-15(11-25)18(26)24-19(20)23-16/h2-6,9H,7-8,10-11H2,1H3,(H3,20,23,24,26). The second-order valence-electron chi connectivity index (χ2n) is 6.51. The number of rotatable bonds is 3. The Bertz CT molecular complexity index is 999. The van der Waals surface area contributed by atoms with Gasteiger partial charge in [-0.05, 0) is 6.92 Å². The fourth-order valence-corrected chi connectivity index (χ4v) is 3.25. The Hall–Kier alpha value is -3.06. The Labute approximate surface area is 151 Å². The summed E-state index contributed by atoms with van der Waals surface area (Å²) in [6.45, 7) is 4.07. The predicted molar refractivity (Wildman–Crippen MR) is 99.3 cm³/mol. The number of benzene rings is 1. The molecule has 0 radical (unpaired) electrons.